The maximum atomic E-state index is 5.47. The molecule has 0 spiro atoms. The van der Waals surface area contributed by atoms with Crippen LogP contribution < -0.4 is 5.32 Å². The third-order valence-corrected chi connectivity index (χ3v) is 7.24. The van der Waals surface area contributed by atoms with Gasteiger partial charge in [0.15, 0.2) is 5.13 Å². The van der Waals surface area contributed by atoms with Gasteiger partial charge < -0.3 is 10.1 Å². The number of hydrogen-bond donors (Lipinski definition) is 1. The van der Waals surface area contributed by atoms with Crippen LogP contribution in [0.25, 0.3) is 27.0 Å². The van der Waals surface area contributed by atoms with Gasteiger partial charge >= 0.3 is 0 Å². The molecule has 1 atom stereocenters. The van der Waals surface area contributed by atoms with Gasteiger partial charge in [-0.1, -0.05) is 62.5 Å². The number of thiazole rings is 1. The molecule has 1 aliphatic rings. The van der Waals surface area contributed by atoms with E-state index in [2.05, 4.69) is 72.1 Å². The Hall–Kier alpha value is -2.80. The molecule has 5 nitrogen and oxygen atoms in total. The number of anilines is 1. The van der Waals surface area contributed by atoms with E-state index in [0.29, 0.717) is 5.92 Å². The molecule has 1 fully saturated rings. The molecule has 3 heterocycles. The molecule has 1 saturated heterocycles. The van der Waals surface area contributed by atoms with Crippen LogP contribution in [0.3, 0.4) is 0 Å². The maximum Gasteiger partial charge on any atom is 0.183 e. The van der Waals surface area contributed by atoms with Gasteiger partial charge in [0.05, 0.1) is 29.1 Å². The average molecular weight is 475 g/mol. The minimum atomic E-state index is 0.462. The third kappa shape index (κ3) is 6.00. The van der Waals surface area contributed by atoms with Gasteiger partial charge in [-0.15, -0.1) is 0 Å². The summed E-state index contributed by atoms with van der Waals surface area (Å²) in [6, 6.07) is 10.5. The second-order valence-corrected chi connectivity index (χ2v) is 9.74. The van der Waals surface area contributed by atoms with Gasteiger partial charge in [0.25, 0.3) is 0 Å². The van der Waals surface area contributed by atoms with Crippen molar-refractivity contribution in [2.45, 2.75) is 20.3 Å². The number of benzene rings is 1. The van der Waals surface area contributed by atoms with Crippen LogP contribution in [0.2, 0.25) is 0 Å². The molecule has 3 aromatic rings. The second kappa shape index (κ2) is 11.6. The van der Waals surface area contributed by atoms with Crippen LogP contribution in [0.5, 0.6) is 0 Å². The molecule has 0 saturated carbocycles. The number of ether oxygens (including phenoxy) is 1. The Kier molecular flexibility index (Phi) is 8.27. The largest absolute Gasteiger partial charge is 0.379 e. The Morgan fingerprint density at radius 3 is 2.79 bits per heavy atom. The quantitative estimate of drug-likeness (QED) is 0.370. The molecule has 0 radical (unpaired) electrons. The molecule has 1 N–H and O–H groups in total. The fourth-order valence-corrected chi connectivity index (χ4v) is 4.92. The molecule has 34 heavy (non-hydrogen) atoms. The molecule has 4 rings (SSSR count). The summed E-state index contributed by atoms with van der Waals surface area (Å²) >= 11 is 1.67. The highest BCUT2D eigenvalue weighted by molar-refractivity contribution is 7.22. The highest BCUT2D eigenvalue weighted by Crippen LogP contribution is 2.37. The predicted molar refractivity (Wildman–Crippen MR) is 145 cm³/mol. The summed E-state index contributed by atoms with van der Waals surface area (Å²) in [5, 5.41) is 4.11. The molecule has 6 heteroatoms. The van der Waals surface area contributed by atoms with E-state index in [9.17, 15) is 0 Å². The van der Waals surface area contributed by atoms with Crippen LogP contribution in [0.4, 0.5) is 5.13 Å². The standard InChI is InChI=1S/C28H34N4OS/c1-5-20(2)16-22(10-9-21(3)19-32-12-14-33-15-13-32)23-17-24(25-8-6-7-11-30-25)27-26(18-23)31-28(29-4)34-27/h6-11,16-18,20H,3,5,12-15,19H2,1-2,4H3,(H,29,31)/b10-9-,22-16+. The van der Waals surface area contributed by atoms with Gasteiger partial charge in [-0.2, -0.15) is 0 Å². The average Bonchev–Trinajstić information content (AvgIpc) is 3.30. The topological polar surface area (TPSA) is 50.3 Å². The zero-order valence-corrected chi connectivity index (χ0v) is 21.2. The Balaban J connectivity index is 1.72. The summed E-state index contributed by atoms with van der Waals surface area (Å²) in [6.07, 6.45) is 9.66. The van der Waals surface area contributed by atoms with Gasteiger partial charge in [-0.25, -0.2) is 4.98 Å². The second-order valence-electron chi connectivity index (χ2n) is 8.74. The molecule has 1 aromatic carbocycles. The number of rotatable bonds is 9. The molecule has 0 aliphatic carbocycles. The van der Waals surface area contributed by atoms with E-state index in [4.69, 9.17) is 9.72 Å². The molecule has 178 valence electrons. The van der Waals surface area contributed by atoms with Crippen LogP contribution in [0.1, 0.15) is 25.8 Å². The fraction of sp³-hybridized carbons (Fsp3) is 0.357. The number of allylic oxidation sites excluding steroid dienone is 3. The highest BCUT2D eigenvalue weighted by atomic mass is 32.1. The van der Waals surface area contributed by atoms with Crippen molar-refractivity contribution in [3.8, 4) is 11.3 Å². The lowest BCUT2D eigenvalue weighted by molar-refractivity contribution is 0.0426. The Morgan fingerprint density at radius 2 is 2.09 bits per heavy atom. The summed E-state index contributed by atoms with van der Waals surface area (Å²) in [5.41, 5.74) is 6.51. The van der Waals surface area contributed by atoms with Crippen LogP contribution in [0, 0.1) is 5.92 Å². The van der Waals surface area contributed by atoms with Crippen molar-refractivity contribution in [3.63, 3.8) is 0 Å². The molecule has 0 amide bonds. The van der Waals surface area contributed by atoms with Gasteiger partial charge in [0.2, 0.25) is 0 Å². The van der Waals surface area contributed by atoms with E-state index in [1.165, 1.54) is 5.57 Å². The third-order valence-electron chi connectivity index (χ3n) is 6.12. The van der Waals surface area contributed by atoms with E-state index in [-0.39, 0.29) is 0 Å². The van der Waals surface area contributed by atoms with E-state index >= 15 is 0 Å². The first kappa shape index (κ1) is 24.3. The van der Waals surface area contributed by atoms with Gasteiger partial charge in [-0.3, -0.25) is 9.88 Å². The lowest BCUT2D eigenvalue weighted by Gasteiger charge is -2.26. The van der Waals surface area contributed by atoms with Crippen molar-refractivity contribution in [1.29, 1.82) is 0 Å². The number of nitrogens with one attached hydrogen (secondary N) is 1. The number of pyridine rings is 1. The van der Waals surface area contributed by atoms with Crippen LogP contribution in [0.15, 0.2) is 66.9 Å². The fourth-order valence-electron chi connectivity index (χ4n) is 4.00. The van der Waals surface area contributed by atoms with Gasteiger partial charge in [0.1, 0.15) is 0 Å². The summed E-state index contributed by atoms with van der Waals surface area (Å²) in [6.45, 7) is 13.2. The predicted octanol–water partition coefficient (Wildman–Crippen LogP) is 6.27. The van der Waals surface area contributed by atoms with Crippen molar-refractivity contribution in [1.82, 2.24) is 14.9 Å². The lowest BCUT2D eigenvalue weighted by Crippen LogP contribution is -2.37. The van der Waals surface area contributed by atoms with Crippen LogP contribution >= 0.6 is 11.3 Å². The van der Waals surface area contributed by atoms with E-state index in [0.717, 1.165) is 77.0 Å². The Labute approximate surface area is 206 Å². The number of fused-ring (bicyclic) bond motifs is 1. The molecular formula is C28H34N4OS. The van der Waals surface area contributed by atoms with Crippen LogP contribution in [-0.2, 0) is 4.74 Å². The van der Waals surface area contributed by atoms with Gasteiger partial charge in [-0.05, 0) is 46.9 Å². The molecule has 2 aromatic heterocycles. The molecule has 1 unspecified atom stereocenters. The highest BCUT2D eigenvalue weighted by Gasteiger charge is 2.15. The zero-order chi connectivity index (χ0) is 23.9. The minimum Gasteiger partial charge on any atom is -0.379 e. The summed E-state index contributed by atoms with van der Waals surface area (Å²) in [4.78, 5) is 11.9. The summed E-state index contributed by atoms with van der Waals surface area (Å²) in [5.74, 6) is 0.462. The monoisotopic (exact) mass is 474 g/mol. The first-order chi connectivity index (χ1) is 16.6. The first-order valence-electron chi connectivity index (χ1n) is 12.0. The van der Waals surface area contributed by atoms with Crippen LogP contribution in [-0.4, -0.2) is 54.8 Å². The Morgan fingerprint density at radius 1 is 1.26 bits per heavy atom. The number of morpholine rings is 1. The molecular weight excluding hydrogens is 440 g/mol. The van der Waals surface area contributed by atoms with E-state index in [1.807, 2.05) is 25.4 Å². The zero-order valence-electron chi connectivity index (χ0n) is 20.4. The Bertz CT molecular complexity index is 1180. The van der Waals surface area contributed by atoms with Crippen molar-refractivity contribution in [2.24, 2.45) is 5.92 Å². The minimum absolute atomic E-state index is 0.462. The maximum absolute atomic E-state index is 5.47. The number of aromatic nitrogens is 2. The summed E-state index contributed by atoms with van der Waals surface area (Å²) < 4.78 is 6.62. The van der Waals surface area contributed by atoms with Crippen molar-refractivity contribution in [2.75, 3.05) is 45.2 Å². The van der Waals surface area contributed by atoms with Crippen molar-refractivity contribution >= 4 is 32.3 Å². The number of hydrogen-bond acceptors (Lipinski definition) is 6. The first-order valence-corrected chi connectivity index (χ1v) is 12.8. The smallest absolute Gasteiger partial charge is 0.183 e. The molecule has 1 aliphatic heterocycles. The lowest BCUT2D eigenvalue weighted by atomic mass is 9.95. The molecule has 0 bridgehead atoms. The normalized spacial score (nSPS) is 16.3. The van der Waals surface area contributed by atoms with Crippen molar-refractivity contribution < 1.29 is 4.74 Å². The summed E-state index contributed by atoms with van der Waals surface area (Å²) in [7, 11) is 1.91. The number of nitrogens with zero attached hydrogens (tertiary/aromatic N) is 3. The van der Waals surface area contributed by atoms with E-state index < -0.39 is 0 Å². The van der Waals surface area contributed by atoms with Gasteiger partial charge in [0, 0.05) is 38.4 Å². The SMILES string of the molecule is C=C(/C=C\C(=C/C(C)CC)c1cc(-c2ccccn2)c2sc(NC)nc2c1)CN1CCOCC1. The van der Waals surface area contributed by atoms with Crippen molar-refractivity contribution in [3.05, 3.63) is 72.5 Å². The van der Waals surface area contributed by atoms with E-state index in [1.54, 1.807) is 11.3 Å².